The molecule has 0 saturated carbocycles. The van der Waals surface area contributed by atoms with Crippen LogP contribution in [0.2, 0.25) is 0 Å². The molecule has 2 heterocycles. The van der Waals surface area contributed by atoms with E-state index in [2.05, 4.69) is 24.8 Å². The van der Waals surface area contributed by atoms with Crippen molar-refractivity contribution in [2.45, 2.75) is 6.54 Å². The number of H-pyrrole nitrogens is 1. The second-order valence-electron chi connectivity index (χ2n) is 5.83. The van der Waals surface area contributed by atoms with E-state index in [1.54, 1.807) is 24.3 Å². The molecule has 0 saturated heterocycles. The van der Waals surface area contributed by atoms with Crippen molar-refractivity contribution < 1.29 is 23.5 Å². The van der Waals surface area contributed by atoms with E-state index in [0.717, 1.165) is 5.56 Å². The number of rotatable bonds is 8. The Bertz CT molecular complexity index is 1110. The molecule has 3 rings (SSSR count). The summed E-state index contributed by atoms with van der Waals surface area (Å²) in [4.78, 5) is 43.6. The molecule has 13 heteroatoms. The highest BCUT2D eigenvalue weighted by molar-refractivity contribution is 7.32. The fourth-order valence-electron chi connectivity index (χ4n) is 2.60. The van der Waals surface area contributed by atoms with E-state index < -0.39 is 13.9 Å². The Morgan fingerprint density at radius 3 is 2.72 bits per heavy atom. The summed E-state index contributed by atoms with van der Waals surface area (Å²) < 4.78 is 21.3. The van der Waals surface area contributed by atoms with E-state index in [1.165, 1.54) is 11.7 Å². The summed E-state index contributed by atoms with van der Waals surface area (Å²) in [6, 6.07) is 6.64. The third kappa shape index (κ3) is 4.74. The van der Waals surface area contributed by atoms with Crippen LogP contribution in [0.25, 0.3) is 11.2 Å². The topological polar surface area (TPSA) is 174 Å². The second-order valence-corrected chi connectivity index (χ2v) is 6.57. The van der Waals surface area contributed by atoms with Crippen LogP contribution in [0.3, 0.4) is 0 Å². The number of hydrogen-bond donors (Lipinski definition) is 4. The average Bonchev–Trinajstić information content (AvgIpc) is 3.01. The van der Waals surface area contributed by atoms with Crippen LogP contribution in [0.4, 0.5) is 5.82 Å². The molecule has 3 aromatic rings. The predicted octanol–water partition coefficient (Wildman–Crippen LogP) is 0.155. The van der Waals surface area contributed by atoms with E-state index in [9.17, 15) is 14.2 Å². The number of methoxy groups -OCH3 is 1. The second kappa shape index (κ2) is 8.78. The maximum Gasteiger partial charge on any atom is 0.694 e. The van der Waals surface area contributed by atoms with Crippen molar-refractivity contribution in [1.29, 1.82) is 0 Å². The Hall–Kier alpha value is -3.34. The summed E-state index contributed by atoms with van der Waals surface area (Å²) in [5.74, 6) is -0.257. The van der Waals surface area contributed by atoms with Gasteiger partial charge in [0.25, 0.3) is 5.91 Å². The lowest BCUT2D eigenvalue weighted by Crippen LogP contribution is -2.26. The van der Waals surface area contributed by atoms with Gasteiger partial charge in [0, 0.05) is 16.7 Å². The molecule has 1 amide bonds. The van der Waals surface area contributed by atoms with Gasteiger partial charge in [0.1, 0.15) is 12.1 Å². The first-order valence-electron chi connectivity index (χ1n) is 8.35. The van der Waals surface area contributed by atoms with Gasteiger partial charge >= 0.3 is 20.0 Å². The number of carbonyl (C=O) groups is 1. The highest BCUT2D eigenvalue weighted by atomic mass is 31.1. The van der Waals surface area contributed by atoms with Crippen molar-refractivity contribution in [2.75, 3.05) is 26.0 Å². The van der Waals surface area contributed by atoms with Gasteiger partial charge in [-0.2, -0.15) is 9.97 Å². The number of hydrogen-bond acceptors (Lipinski definition) is 8. The van der Waals surface area contributed by atoms with Crippen LogP contribution in [0.5, 0.6) is 6.01 Å². The number of benzene rings is 1. The van der Waals surface area contributed by atoms with Gasteiger partial charge in [0.05, 0.1) is 13.7 Å². The lowest BCUT2D eigenvalue weighted by Gasteiger charge is -2.07. The first-order chi connectivity index (χ1) is 13.9. The monoisotopic (exact) mass is 421 g/mol. The van der Waals surface area contributed by atoms with E-state index >= 15 is 0 Å². The van der Waals surface area contributed by atoms with E-state index in [-0.39, 0.29) is 37.4 Å². The number of nitrogen functional groups attached to an aromatic ring is 1. The first-order valence-corrected chi connectivity index (χ1v) is 9.48. The van der Waals surface area contributed by atoms with Gasteiger partial charge in [-0.1, -0.05) is 12.1 Å². The number of imidazole rings is 1. The Morgan fingerprint density at radius 2 is 2.07 bits per heavy atom. The summed E-state index contributed by atoms with van der Waals surface area (Å²) in [5.41, 5.74) is 7.19. The quantitative estimate of drug-likeness (QED) is 0.291. The van der Waals surface area contributed by atoms with Crippen LogP contribution in [0, 0.1) is 0 Å². The van der Waals surface area contributed by atoms with Crippen molar-refractivity contribution in [3.63, 3.8) is 0 Å². The van der Waals surface area contributed by atoms with Crippen LogP contribution < -0.4 is 21.5 Å². The molecule has 1 aromatic carbocycles. The Balaban J connectivity index is 1.74. The third-order valence-electron chi connectivity index (χ3n) is 3.96. The van der Waals surface area contributed by atoms with Crippen molar-refractivity contribution in [1.82, 2.24) is 24.8 Å². The van der Waals surface area contributed by atoms with Crippen LogP contribution in [0.1, 0.15) is 15.9 Å². The zero-order valence-electron chi connectivity index (χ0n) is 15.3. The molecule has 0 aliphatic carbocycles. The molecular weight excluding hydrogens is 403 g/mol. The minimum atomic E-state index is -2.69. The number of aromatic nitrogens is 4. The van der Waals surface area contributed by atoms with E-state index in [1.807, 2.05) is 0 Å². The third-order valence-corrected chi connectivity index (χ3v) is 4.36. The lowest BCUT2D eigenvalue weighted by atomic mass is 10.1. The van der Waals surface area contributed by atoms with Crippen molar-refractivity contribution >= 4 is 31.1 Å². The average molecular weight is 421 g/mol. The van der Waals surface area contributed by atoms with Crippen LogP contribution in [0.15, 0.2) is 29.1 Å². The molecule has 0 bridgehead atoms. The van der Waals surface area contributed by atoms with Gasteiger partial charge in [-0.25, -0.2) is 4.79 Å². The molecule has 12 nitrogen and oxygen atoms in total. The SMILES string of the molecule is COc1nc(N)c2[nH]c(=O)n(Cc3ccc(C(=O)NCCO[P+](=O)O)cc3)c2n1. The number of amides is 1. The summed E-state index contributed by atoms with van der Waals surface area (Å²) >= 11 is 0. The molecule has 0 aliphatic heterocycles. The standard InChI is InChI=1S/C16H17N6O6P/c1-27-15-20-12(17)11-13(21-15)22(16(24)19-11)8-9-2-4-10(5-3-9)14(23)18-6-7-28-29(25)26/h2-5H,6-8H2,1H3,(H4-,17,18,19,20,21,23,24,25,26)/p+1. The minimum Gasteiger partial charge on any atom is -0.467 e. The van der Waals surface area contributed by atoms with Crippen LogP contribution >= 0.6 is 8.25 Å². The highest BCUT2D eigenvalue weighted by Crippen LogP contribution is 2.18. The molecular formula is C16H18N6O6P+. The molecule has 1 atom stereocenters. The minimum absolute atomic E-state index is 0.0458. The van der Waals surface area contributed by atoms with E-state index in [4.69, 9.17) is 15.4 Å². The Morgan fingerprint density at radius 1 is 1.34 bits per heavy atom. The molecule has 5 N–H and O–H groups in total. The molecule has 0 fully saturated rings. The summed E-state index contributed by atoms with van der Waals surface area (Å²) in [7, 11) is -1.29. The van der Waals surface area contributed by atoms with Gasteiger partial charge < -0.3 is 20.8 Å². The zero-order chi connectivity index (χ0) is 21.0. The lowest BCUT2D eigenvalue weighted by molar-refractivity contribution is 0.0946. The molecule has 0 radical (unpaired) electrons. The number of nitrogens with one attached hydrogen (secondary N) is 2. The molecule has 2 aromatic heterocycles. The Labute approximate surface area is 164 Å². The predicted molar refractivity (Wildman–Crippen MR) is 103 cm³/mol. The normalized spacial score (nSPS) is 11.4. The van der Waals surface area contributed by atoms with E-state index in [0.29, 0.717) is 16.7 Å². The number of nitrogens with zero attached hydrogens (tertiary/aromatic N) is 3. The van der Waals surface area contributed by atoms with Gasteiger partial charge in [-0.15, -0.1) is 9.42 Å². The number of anilines is 1. The fraction of sp³-hybridized carbons (Fsp3) is 0.250. The van der Waals surface area contributed by atoms with Gasteiger partial charge in [-0.05, 0) is 17.7 Å². The number of carbonyl (C=O) groups excluding carboxylic acids is 1. The summed E-state index contributed by atoms with van der Waals surface area (Å²) in [6.07, 6.45) is 0. The first kappa shape index (κ1) is 20.4. The Kier molecular flexibility index (Phi) is 6.17. The van der Waals surface area contributed by atoms with Crippen LogP contribution in [-0.4, -0.2) is 50.6 Å². The molecule has 0 aliphatic rings. The van der Waals surface area contributed by atoms with Crippen LogP contribution in [-0.2, 0) is 15.6 Å². The molecule has 29 heavy (non-hydrogen) atoms. The van der Waals surface area contributed by atoms with Crippen molar-refractivity contribution in [3.05, 3.63) is 45.9 Å². The maximum absolute atomic E-state index is 12.3. The van der Waals surface area contributed by atoms with Gasteiger partial charge in [-0.3, -0.25) is 9.36 Å². The molecule has 0 spiro atoms. The summed E-state index contributed by atoms with van der Waals surface area (Å²) in [6.45, 7) is 0.209. The largest absolute Gasteiger partial charge is 0.694 e. The smallest absolute Gasteiger partial charge is 0.467 e. The fourth-order valence-corrected chi connectivity index (χ4v) is 2.85. The zero-order valence-corrected chi connectivity index (χ0v) is 16.2. The number of fused-ring (bicyclic) bond motifs is 1. The van der Waals surface area contributed by atoms with Gasteiger partial charge in [0.15, 0.2) is 11.5 Å². The summed E-state index contributed by atoms with van der Waals surface area (Å²) in [5, 5.41) is 2.56. The molecule has 1 unspecified atom stereocenters. The highest BCUT2D eigenvalue weighted by Gasteiger charge is 2.15. The number of nitrogens with two attached hydrogens (primary N) is 1. The van der Waals surface area contributed by atoms with Gasteiger partial charge in [0.2, 0.25) is 0 Å². The van der Waals surface area contributed by atoms with Crippen molar-refractivity contribution in [2.24, 2.45) is 0 Å². The molecule has 152 valence electrons. The number of ether oxygens (including phenoxy) is 1. The maximum atomic E-state index is 12.3. The number of aromatic amines is 1. The van der Waals surface area contributed by atoms with Crippen molar-refractivity contribution in [3.8, 4) is 6.01 Å².